The van der Waals surface area contributed by atoms with Gasteiger partial charge in [0.15, 0.2) is 0 Å². The Kier molecular flexibility index (Phi) is 5.67. The Hall–Kier alpha value is -1.02. The van der Waals surface area contributed by atoms with Crippen molar-refractivity contribution in [1.29, 1.82) is 0 Å². The molecule has 0 spiro atoms. The summed E-state index contributed by atoms with van der Waals surface area (Å²) in [4.78, 5) is 0. The summed E-state index contributed by atoms with van der Waals surface area (Å²) in [6.45, 7) is 12.7. The van der Waals surface area contributed by atoms with Gasteiger partial charge < -0.3 is 10.1 Å². The van der Waals surface area contributed by atoms with Crippen molar-refractivity contribution in [1.82, 2.24) is 5.32 Å². The van der Waals surface area contributed by atoms with Gasteiger partial charge in [0.05, 0.1) is 6.61 Å². The van der Waals surface area contributed by atoms with E-state index >= 15 is 0 Å². The van der Waals surface area contributed by atoms with Crippen LogP contribution >= 0.6 is 0 Å². The number of rotatable bonds is 6. The smallest absolute Gasteiger partial charge is 0.119 e. The minimum Gasteiger partial charge on any atom is -0.494 e. The SMILES string of the molecule is CC(C)NCc1cccc(OCCC(C)(C)C)c1. The zero-order valence-corrected chi connectivity index (χ0v) is 12.4. The van der Waals surface area contributed by atoms with Crippen LogP contribution in [0.15, 0.2) is 24.3 Å². The maximum absolute atomic E-state index is 5.80. The summed E-state index contributed by atoms with van der Waals surface area (Å²) in [6, 6.07) is 8.85. The Morgan fingerprint density at radius 3 is 2.56 bits per heavy atom. The van der Waals surface area contributed by atoms with Crippen molar-refractivity contribution in [2.24, 2.45) is 5.41 Å². The predicted octanol–water partition coefficient (Wildman–Crippen LogP) is 4.00. The molecule has 2 heteroatoms. The summed E-state index contributed by atoms with van der Waals surface area (Å²) < 4.78 is 5.80. The van der Waals surface area contributed by atoms with Crippen LogP contribution in [-0.4, -0.2) is 12.6 Å². The van der Waals surface area contributed by atoms with Crippen LogP contribution in [0.5, 0.6) is 5.75 Å². The molecule has 0 radical (unpaired) electrons. The Morgan fingerprint density at radius 1 is 1.22 bits per heavy atom. The van der Waals surface area contributed by atoms with E-state index in [4.69, 9.17) is 4.74 Å². The second kappa shape index (κ2) is 6.79. The number of benzene rings is 1. The number of nitrogens with one attached hydrogen (secondary N) is 1. The molecule has 0 aliphatic rings. The second-order valence-electron chi connectivity index (χ2n) is 6.34. The monoisotopic (exact) mass is 249 g/mol. The lowest BCUT2D eigenvalue weighted by Gasteiger charge is -2.18. The van der Waals surface area contributed by atoms with Gasteiger partial charge in [-0.3, -0.25) is 0 Å². The molecule has 1 N–H and O–H groups in total. The summed E-state index contributed by atoms with van der Waals surface area (Å²) in [6.07, 6.45) is 1.07. The average molecular weight is 249 g/mol. The highest BCUT2D eigenvalue weighted by molar-refractivity contribution is 5.28. The number of hydrogen-bond donors (Lipinski definition) is 1. The van der Waals surface area contributed by atoms with Gasteiger partial charge in [-0.25, -0.2) is 0 Å². The fraction of sp³-hybridized carbons (Fsp3) is 0.625. The van der Waals surface area contributed by atoms with Crippen LogP contribution < -0.4 is 10.1 Å². The van der Waals surface area contributed by atoms with Crippen LogP contribution in [0, 0.1) is 5.41 Å². The van der Waals surface area contributed by atoms with Gasteiger partial charge >= 0.3 is 0 Å². The highest BCUT2D eigenvalue weighted by Gasteiger charge is 2.09. The normalized spacial score (nSPS) is 11.9. The minimum atomic E-state index is 0.330. The van der Waals surface area contributed by atoms with Crippen molar-refractivity contribution < 1.29 is 4.74 Å². The van der Waals surface area contributed by atoms with E-state index in [0.717, 1.165) is 25.3 Å². The third-order valence-electron chi connectivity index (χ3n) is 2.73. The molecule has 0 heterocycles. The highest BCUT2D eigenvalue weighted by atomic mass is 16.5. The third kappa shape index (κ3) is 6.65. The first-order valence-electron chi connectivity index (χ1n) is 6.82. The summed E-state index contributed by atoms with van der Waals surface area (Å²) in [5, 5.41) is 3.41. The summed E-state index contributed by atoms with van der Waals surface area (Å²) in [5.41, 5.74) is 1.61. The molecule has 102 valence electrons. The first-order chi connectivity index (χ1) is 8.37. The molecular weight excluding hydrogens is 222 g/mol. The standard InChI is InChI=1S/C16H27NO/c1-13(2)17-12-14-7-6-8-15(11-14)18-10-9-16(3,4)5/h6-8,11,13,17H,9-10,12H2,1-5H3. The molecule has 0 atom stereocenters. The van der Waals surface area contributed by atoms with Gasteiger partial charge in [-0.15, -0.1) is 0 Å². The van der Waals surface area contributed by atoms with Crippen LogP contribution in [0.1, 0.15) is 46.6 Å². The van der Waals surface area contributed by atoms with E-state index in [1.807, 2.05) is 6.07 Å². The molecule has 0 saturated heterocycles. The Morgan fingerprint density at radius 2 is 1.94 bits per heavy atom. The summed E-state index contributed by atoms with van der Waals surface area (Å²) in [5.74, 6) is 0.974. The van der Waals surface area contributed by atoms with Crippen LogP contribution in [-0.2, 0) is 6.54 Å². The zero-order chi connectivity index (χ0) is 13.6. The van der Waals surface area contributed by atoms with Crippen molar-refractivity contribution >= 4 is 0 Å². The molecule has 1 aromatic carbocycles. The maximum Gasteiger partial charge on any atom is 0.119 e. The molecule has 2 nitrogen and oxygen atoms in total. The van der Waals surface area contributed by atoms with E-state index in [1.165, 1.54) is 5.56 Å². The lowest BCUT2D eigenvalue weighted by atomic mass is 9.93. The largest absolute Gasteiger partial charge is 0.494 e. The maximum atomic E-state index is 5.80. The molecule has 0 amide bonds. The zero-order valence-electron chi connectivity index (χ0n) is 12.4. The number of ether oxygens (including phenoxy) is 1. The molecule has 0 saturated carbocycles. The quantitative estimate of drug-likeness (QED) is 0.823. The second-order valence-corrected chi connectivity index (χ2v) is 6.34. The third-order valence-corrected chi connectivity index (χ3v) is 2.73. The van der Waals surface area contributed by atoms with Crippen LogP contribution in [0.3, 0.4) is 0 Å². The van der Waals surface area contributed by atoms with Gasteiger partial charge in [0.25, 0.3) is 0 Å². The Balaban J connectivity index is 2.44. The lowest BCUT2D eigenvalue weighted by molar-refractivity contribution is 0.243. The fourth-order valence-electron chi connectivity index (χ4n) is 1.54. The fourth-order valence-corrected chi connectivity index (χ4v) is 1.54. The average Bonchev–Trinajstić information content (AvgIpc) is 2.25. The van der Waals surface area contributed by atoms with Gasteiger partial charge in [-0.05, 0) is 29.5 Å². The molecule has 18 heavy (non-hydrogen) atoms. The molecule has 1 rings (SSSR count). The first kappa shape index (κ1) is 15.0. The van der Waals surface area contributed by atoms with E-state index < -0.39 is 0 Å². The predicted molar refractivity (Wildman–Crippen MR) is 78.0 cm³/mol. The minimum absolute atomic E-state index is 0.330. The van der Waals surface area contributed by atoms with Gasteiger partial charge in [0.2, 0.25) is 0 Å². The van der Waals surface area contributed by atoms with Crippen LogP contribution in [0.25, 0.3) is 0 Å². The van der Waals surface area contributed by atoms with Crippen molar-refractivity contribution in [3.05, 3.63) is 29.8 Å². The first-order valence-corrected chi connectivity index (χ1v) is 6.82. The van der Waals surface area contributed by atoms with E-state index in [1.54, 1.807) is 0 Å². The van der Waals surface area contributed by atoms with Gasteiger partial charge in [-0.2, -0.15) is 0 Å². The molecule has 0 fully saturated rings. The van der Waals surface area contributed by atoms with Crippen LogP contribution in [0.2, 0.25) is 0 Å². The van der Waals surface area contributed by atoms with Crippen molar-refractivity contribution in [3.8, 4) is 5.75 Å². The Labute approximate surface area is 112 Å². The van der Waals surface area contributed by atoms with E-state index in [2.05, 4.69) is 58.1 Å². The highest BCUT2D eigenvalue weighted by Crippen LogP contribution is 2.20. The van der Waals surface area contributed by atoms with Gasteiger partial charge in [0.1, 0.15) is 5.75 Å². The van der Waals surface area contributed by atoms with E-state index in [9.17, 15) is 0 Å². The number of hydrogen-bond acceptors (Lipinski definition) is 2. The summed E-state index contributed by atoms with van der Waals surface area (Å²) >= 11 is 0. The van der Waals surface area contributed by atoms with Crippen LogP contribution in [0.4, 0.5) is 0 Å². The van der Waals surface area contributed by atoms with Crippen molar-refractivity contribution in [2.45, 2.75) is 53.6 Å². The molecular formula is C16H27NO. The van der Waals surface area contributed by atoms with Gasteiger partial charge in [-0.1, -0.05) is 46.8 Å². The molecule has 0 bridgehead atoms. The van der Waals surface area contributed by atoms with E-state index in [-0.39, 0.29) is 0 Å². The van der Waals surface area contributed by atoms with E-state index in [0.29, 0.717) is 11.5 Å². The van der Waals surface area contributed by atoms with Crippen molar-refractivity contribution in [2.75, 3.05) is 6.61 Å². The molecule has 0 aliphatic heterocycles. The molecule has 0 aliphatic carbocycles. The van der Waals surface area contributed by atoms with Crippen molar-refractivity contribution in [3.63, 3.8) is 0 Å². The Bertz CT molecular complexity index is 352. The topological polar surface area (TPSA) is 21.3 Å². The molecule has 1 aromatic rings. The van der Waals surface area contributed by atoms with Gasteiger partial charge in [0, 0.05) is 12.6 Å². The lowest BCUT2D eigenvalue weighted by Crippen LogP contribution is -2.21. The molecule has 0 unspecified atom stereocenters. The summed E-state index contributed by atoms with van der Waals surface area (Å²) in [7, 11) is 0. The molecule has 0 aromatic heterocycles.